The van der Waals surface area contributed by atoms with Gasteiger partial charge in [0, 0.05) is 29.7 Å². The van der Waals surface area contributed by atoms with Crippen LogP contribution in [0.25, 0.3) is 0 Å². The van der Waals surface area contributed by atoms with Crippen LogP contribution in [0.4, 0.5) is 11.4 Å². The summed E-state index contributed by atoms with van der Waals surface area (Å²) in [5, 5.41) is 2.69. The van der Waals surface area contributed by atoms with Crippen molar-refractivity contribution in [2.45, 2.75) is 12.8 Å². The van der Waals surface area contributed by atoms with Crippen molar-refractivity contribution in [3.8, 4) is 0 Å². The lowest BCUT2D eigenvalue weighted by Crippen LogP contribution is -2.28. The minimum Gasteiger partial charge on any atom is -0.366 e. The molecule has 1 heterocycles. The van der Waals surface area contributed by atoms with E-state index in [-0.39, 0.29) is 24.7 Å². The number of rotatable bonds is 4. The highest BCUT2D eigenvalue weighted by molar-refractivity contribution is 6.20. The minimum atomic E-state index is -0.550. The summed E-state index contributed by atoms with van der Waals surface area (Å²) in [6.07, 6.45) is 0.364. The molecule has 0 aromatic heterocycles. The molecule has 25 heavy (non-hydrogen) atoms. The highest BCUT2D eigenvalue weighted by Gasteiger charge is 2.30. The normalized spacial score (nSPS) is 13.8. The van der Waals surface area contributed by atoms with E-state index in [1.165, 1.54) is 18.2 Å². The Morgan fingerprint density at radius 1 is 0.920 bits per heavy atom. The van der Waals surface area contributed by atoms with Crippen molar-refractivity contribution in [1.29, 1.82) is 0 Å². The molecule has 126 valence electrons. The first kappa shape index (κ1) is 16.4. The Morgan fingerprint density at radius 3 is 2.16 bits per heavy atom. The summed E-state index contributed by atoms with van der Waals surface area (Å²) in [7, 11) is 0. The number of nitrogens with two attached hydrogens (primary N) is 1. The molecule has 1 aliphatic rings. The molecule has 7 nitrogen and oxygen atoms in total. The van der Waals surface area contributed by atoms with Gasteiger partial charge in [-0.25, -0.2) is 0 Å². The van der Waals surface area contributed by atoms with E-state index in [2.05, 4.69) is 5.32 Å². The Labute approximate surface area is 143 Å². The second-order valence-electron chi connectivity index (χ2n) is 5.57. The van der Waals surface area contributed by atoms with Crippen LogP contribution in [0.1, 0.15) is 33.6 Å². The standard InChI is InChI=1S/C18H15N3O4/c19-17(24)11-4-6-13(7-5-11)20-18(25)12-2-1-3-14(10-12)21-15(22)8-9-16(21)23/h1-7,10H,8-9H2,(H2,19,24)(H,20,25). The number of hydrogen-bond acceptors (Lipinski definition) is 4. The first-order chi connectivity index (χ1) is 12.0. The molecule has 0 spiro atoms. The average Bonchev–Trinajstić information content (AvgIpc) is 2.94. The predicted molar refractivity (Wildman–Crippen MR) is 91.1 cm³/mol. The number of carbonyl (C=O) groups excluding carboxylic acids is 4. The molecule has 2 aromatic carbocycles. The molecule has 0 atom stereocenters. The van der Waals surface area contributed by atoms with Gasteiger partial charge in [-0.2, -0.15) is 0 Å². The first-order valence-electron chi connectivity index (χ1n) is 7.63. The van der Waals surface area contributed by atoms with Crippen molar-refractivity contribution < 1.29 is 19.2 Å². The van der Waals surface area contributed by atoms with Crippen molar-refractivity contribution >= 4 is 35.0 Å². The fourth-order valence-corrected chi connectivity index (χ4v) is 2.57. The number of imide groups is 1. The van der Waals surface area contributed by atoms with Gasteiger partial charge < -0.3 is 11.1 Å². The Hall–Kier alpha value is -3.48. The molecule has 2 aromatic rings. The quantitative estimate of drug-likeness (QED) is 0.827. The van der Waals surface area contributed by atoms with Gasteiger partial charge in [0.05, 0.1) is 5.69 Å². The molecule has 0 saturated carbocycles. The first-order valence-corrected chi connectivity index (χ1v) is 7.63. The van der Waals surface area contributed by atoms with Crippen molar-refractivity contribution in [3.63, 3.8) is 0 Å². The van der Waals surface area contributed by atoms with Gasteiger partial charge in [-0.15, -0.1) is 0 Å². The van der Waals surface area contributed by atoms with E-state index in [0.29, 0.717) is 22.5 Å². The van der Waals surface area contributed by atoms with E-state index in [1.807, 2.05) is 0 Å². The maximum atomic E-state index is 12.4. The fourth-order valence-electron chi connectivity index (χ4n) is 2.57. The van der Waals surface area contributed by atoms with Gasteiger partial charge in [-0.1, -0.05) is 6.07 Å². The van der Waals surface area contributed by atoms with Gasteiger partial charge in [0.1, 0.15) is 0 Å². The van der Waals surface area contributed by atoms with Crippen molar-refractivity contribution in [3.05, 3.63) is 59.7 Å². The molecule has 1 aliphatic heterocycles. The maximum Gasteiger partial charge on any atom is 0.255 e. The van der Waals surface area contributed by atoms with E-state index >= 15 is 0 Å². The molecule has 0 unspecified atom stereocenters. The summed E-state index contributed by atoms with van der Waals surface area (Å²) in [6, 6.07) is 12.4. The van der Waals surface area contributed by atoms with Gasteiger partial charge in [-0.3, -0.25) is 24.1 Å². The van der Waals surface area contributed by atoms with Gasteiger partial charge >= 0.3 is 0 Å². The number of nitrogens with zero attached hydrogens (tertiary/aromatic N) is 1. The molecular formula is C18H15N3O4. The Balaban J connectivity index is 1.78. The number of primary amides is 1. The van der Waals surface area contributed by atoms with Gasteiger partial charge in [0.25, 0.3) is 5.91 Å². The summed E-state index contributed by atoms with van der Waals surface area (Å²) in [4.78, 5) is 48.1. The lowest BCUT2D eigenvalue weighted by Gasteiger charge is -2.14. The zero-order valence-electron chi connectivity index (χ0n) is 13.2. The third kappa shape index (κ3) is 3.40. The molecule has 3 N–H and O–H groups in total. The lowest BCUT2D eigenvalue weighted by molar-refractivity contribution is -0.121. The lowest BCUT2D eigenvalue weighted by atomic mass is 10.1. The second-order valence-corrected chi connectivity index (χ2v) is 5.57. The van der Waals surface area contributed by atoms with E-state index in [9.17, 15) is 19.2 Å². The third-order valence-electron chi connectivity index (χ3n) is 3.85. The smallest absolute Gasteiger partial charge is 0.255 e. The Morgan fingerprint density at radius 2 is 1.56 bits per heavy atom. The van der Waals surface area contributed by atoms with Crippen LogP contribution in [0, 0.1) is 0 Å². The summed E-state index contributed by atoms with van der Waals surface area (Å²) >= 11 is 0. The zero-order valence-corrected chi connectivity index (χ0v) is 13.2. The molecule has 1 saturated heterocycles. The fraction of sp³-hybridized carbons (Fsp3) is 0.111. The number of benzene rings is 2. The summed E-state index contributed by atoms with van der Waals surface area (Å²) in [6.45, 7) is 0. The van der Waals surface area contributed by atoms with Crippen molar-refractivity contribution in [1.82, 2.24) is 0 Å². The van der Waals surface area contributed by atoms with Crippen LogP contribution < -0.4 is 16.0 Å². The zero-order chi connectivity index (χ0) is 18.0. The number of hydrogen-bond donors (Lipinski definition) is 2. The Kier molecular flexibility index (Phi) is 4.30. The third-order valence-corrected chi connectivity index (χ3v) is 3.85. The second kappa shape index (κ2) is 6.56. The maximum absolute atomic E-state index is 12.4. The number of carbonyl (C=O) groups is 4. The molecule has 1 fully saturated rings. The topological polar surface area (TPSA) is 110 Å². The van der Waals surface area contributed by atoms with Crippen LogP contribution in [0.2, 0.25) is 0 Å². The molecule has 4 amide bonds. The molecule has 0 bridgehead atoms. The van der Waals surface area contributed by atoms with Gasteiger partial charge in [-0.05, 0) is 42.5 Å². The van der Waals surface area contributed by atoms with E-state index in [4.69, 9.17) is 5.73 Å². The van der Waals surface area contributed by atoms with Crippen LogP contribution in [0.3, 0.4) is 0 Å². The highest BCUT2D eigenvalue weighted by Crippen LogP contribution is 2.23. The van der Waals surface area contributed by atoms with Gasteiger partial charge in [0.2, 0.25) is 17.7 Å². The van der Waals surface area contributed by atoms with Crippen LogP contribution >= 0.6 is 0 Å². The predicted octanol–water partition coefficient (Wildman–Crippen LogP) is 1.69. The van der Waals surface area contributed by atoms with Crippen LogP contribution in [-0.4, -0.2) is 23.6 Å². The SMILES string of the molecule is NC(=O)c1ccc(NC(=O)c2cccc(N3C(=O)CCC3=O)c2)cc1. The highest BCUT2D eigenvalue weighted by atomic mass is 16.2. The number of nitrogens with one attached hydrogen (secondary N) is 1. The minimum absolute atomic E-state index is 0.182. The molecule has 0 radical (unpaired) electrons. The van der Waals surface area contributed by atoms with E-state index in [0.717, 1.165) is 4.90 Å². The average molecular weight is 337 g/mol. The molecule has 7 heteroatoms. The Bertz CT molecular complexity index is 858. The summed E-state index contributed by atoms with van der Waals surface area (Å²) in [5.41, 5.74) is 6.69. The van der Waals surface area contributed by atoms with E-state index in [1.54, 1.807) is 30.3 Å². The van der Waals surface area contributed by atoms with Crippen LogP contribution in [0.5, 0.6) is 0 Å². The van der Waals surface area contributed by atoms with Crippen LogP contribution in [-0.2, 0) is 9.59 Å². The number of anilines is 2. The largest absolute Gasteiger partial charge is 0.366 e. The van der Waals surface area contributed by atoms with Crippen LogP contribution in [0.15, 0.2) is 48.5 Å². The molecule has 0 aliphatic carbocycles. The van der Waals surface area contributed by atoms with Gasteiger partial charge in [0.15, 0.2) is 0 Å². The van der Waals surface area contributed by atoms with Crippen molar-refractivity contribution in [2.24, 2.45) is 5.73 Å². The number of amides is 4. The molecule has 3 rings (SSSR count). The molecular weight excluding hydrogens is 322 g/mol. The monoisotopic (exact) mass is 337 g/mol. The van der Waals surface area contributed by atoms with E-state index < -0.39 is 11.8 Å². The summed E-state index contributed by atoms with van der Waals surface area (Å²) < 4.78 is 0. The summed E-state index contributed by atoms with van der Waals surface area (Å²) in [5.74, 6) is -1.49. The van der Waals surface area contributed by atoms with Crippen molar-refractivity contribution in [2.75, 3.05) is 10.2 Å².